The van der Waals surface area contributed by atoms with Gasteiger partial charge in [-0.05, 0) is 98.6 Å². The molecule has 0 aromatic heterocycles. The number of hydrogen-bond donors (Lipinski definition) is 1. The number of piperazine rings is 2. The fourth-order valence-electron chi connectivity index (χ4n) is 5.13. The first-order chi connectivity index (χ1) is 22.6. The van der Waals surface area contributed by atoms with Crippen molar-refractivity contribution in [3.8, 4) is 11.5 Å². The molecule has 2 aromatic rings. The zero-order valence-corrected chi connectivity index (χ0v) is 34.2. The van der Waals surface area contributed by atoms with Gasteiger partial charge in [0.15, 0.2) is 0 Å². The molecule has 0 bridgehead atoms. The average molecular weight is 791 g/mol. The predicted molar refractivity (Wildman–Crippen MR) is 203 cm³/mol. The number of benzene rings is 2. The molecular weight excluding hydrogens is 735 g/mol. The van der Waals surface area contributed by atoms with Gasteiger partial charge in [0, 0.05) is 67.6 Å². The van der Waals surface area contributed by atoms with Crippen LogP contribution in [0.1, 0.15) is 66.5 Å². The number of hydrogen-bond acceptors (Lipinski definition) is 8. The second-order valence-corrected chi connectivity index (χ2v) is 15.9. The molecule has 49 heavy (non-hydrogen) atoms. The number of nitrogens with zero attached hydrogens (tertiary/aromatic N) is 3. The summed E-state index contributed by atoms with van der Waals surface area (Å²) in [5.41, 5.74) is 2.18. The quantitative estimate of drug-likeness (QED) is 0.330. The van der Waals surface area contributed by atoms with E-state index in [1.165, 1.54) is 0 Å². The molecule has 0 spiro atoms. The van der Waals surface area contributed by atoms with Crippen LogP contribution in [0.25, 0.3) is 0 Å². The first-order valence-corrected chi connectivity index (χ1v) is 18.0. The maximum atomic E-state index is 12.2. The van der Waals surface area contributed by atoms with Crippen molar-refractivity contribution in [3.63, 3.8) is 0 Å². The molecule has 2 amide bonds. The highest BCUT2D eigenvalue weighted by Gasteiger charge is 2.30. The van der Waals surface area contributed by atoms with Crippen molar-refractivity contribution in [3.05, 3.63) is 49.9 Å². The summed E-state index contributed by atoms with van der Waals surface area (Å²) in [6.07, 6.45) is -0.454. The van der Waals surface area contributed by atoms with E-state index < -0.39 is 11.2 Å². The Kier molecular flexibility index (Phi) is 16.1. The van der Waals surface area contributed by atoms with Crippen molar-refractivity contribution in [2.45, 2.75) is 92.5 Å². The molecule has 276 valence electrons. The van der Waals surface area contributed by atoms with Crippen LogP contribution < -0.4 is 19.7 Å². The Morgan fingerprint density at radius 1 is 0.776 bits per heavy atom. The zero-order chi connectivity index (χ0) is 37.3. The number of methoxy groups -OCH3 is 2. The summed E-state index contributed by atoms with van der Waals surface area (Å²) in [6, 6.07) is 8.34. The smallest absolute Gasteiger partial charge is 0.410 e. The Morgan fingerprint density at radius 2 is 1.27 bits per heavy atom. The van der Waals surface area contributed by atoms with E-state index in [1.807, 2.05) is 73.6 Å². The average Bonchev–Trinajstić information content (AvgIpc) is 2.99. The fraction of sp³-hybridized carbons (Fsp3) is 0.611. The Labute approximate surface area is 311 Å². The lowest BCUT2D eigenvalue weighted by Gasteiger charge is -2.41. The number of amides is 2. The molecule has 2 aliphatic rings. The number of halogens is 3. The van der Waals surface area contributed by atoms with Crippen LogP contribution in [-0.2, 0) is 9.47 Å². The molecule has 2 atom stereocenters. The molecule has 2 fully saturated rings. The van der Waals surface area contributed by atoms with Crippen LogP contribution in [0.3, 0.4) is 0 Å². The topological polar surface area (TPSA) is 92.8 Å². The number of carbonyl (C=O) groups excluding carboxylic acids is 2. The van der Waals surface area contributed by atoms with Gasteiger partial charge in [0.05, 0.1) is 24.3 Å². The van der Waals surface area contributed by atoms with Crippen LogP contribution in [0.4, 0.5) is 15.3 Å². The van der Waals surface area contributed by atoms with Crippen molar-refractivity contribution >= 4 is 57.0 Å². The summed E-state index contributed by atoms with van der Waals surface area (Å²) in [4.78, 5) is 29.7. The van der Waals surface area contributed by atoms with E-state index in [9.17, 15) is 9.59 Å². The third-order valence-corrected chi connectivity index (χ3v) is 8.89. The molecule has 2 heterocycles. The molecule has 2 aromatic carbocycles. The van der Waals surface area contributed by atoms with E-state index >= 15 is 0 Å². The highest BCUT2D eigenvalue weighted by molar-refractivity contribution is 9.10. The monoisotopic (exact) mass is 788 g/mol. The van der Waals surface area contributed by atoms with E-state index in [-0.39, 0.29) is 18.2 Å². The maximum Gasteiger partial charge on any atom is 0.410 e. The minimum atomic E-state index is -0.474. The summed E-state index contributed by atoms with van der Waals surface area (Å²) in [7, 11) is 3.22. The van der Waals surface area contributed by atoms with Gasteiger partial charge in [0.2, 0.25) is 0 Å². The number of carbonyl (C=O) groups is 2. The molecular formula is C36H55BrCl2N4O6. The van der Waals surface area contributed by atoms with E-state index in [4.69, 9.17) is 42.1 Å². The van der Waals surface area contributed by atoms with Crippen molar-refractivity contribution in [2.24, 2.45) is 0 Å². The molecule has 4 rings (SSSR count). The van der Waals surface area contributed by atoms with Gasteiger partial charge in [0.1, 0.15) is 22.7 Å². The van der Waals surface area contributed by atoms with Crippen molar-refractivity contribution in [1.82, 2.24) is 15.1 Å². The molecule has 0 radical (unpaired) electrons. The first-order valence-electron chi connectivity index (χ1n) is 16.4. The van der Waals surface area contributed by atoms with Gasteiger partial charge in [-0.1, -0.05) is 39.1 Å². The lowest BCUT2D eigenvalue weighted by atomic mass is 10.1. The van der Waals surface area contributed by atoms with Crippen molar-refractivity contribution in [1.29, 1.82) is 0 Å². The van der Waals surface area contributed by atoms with Crippen LogP contribution in [0.15, 0.2) is 28.7 Å². The third kappa shape index (κ3) is 13.9. The highest BCUT2D eigenvalue weighted by Crippen LogP contribution is 2.34. The molecule has 0 saturated carbocycles. The normalized spacial score (nSPS) is 18.0. The van der Waals surface area contributed by atoms with E-state index in [1.54, 1.807) is 24.0 Å². The maximum absolute atomic E-state index is 12.2. The predicted octanol–water partition coefficient (Wildman–Crippen LogP) is 8.74. The third-order valence-electron chi connectivity index (χ3n) is 7.46. The summed E-state index contributed by atoms with van der Waals surface area (Å²) in [6.45, 7) is 23.7. The number of anilines is 1. The van der Waals surface area contributed by atoms with Gasteiger partial charge >= 0.3 is 12.2 Å². The number of aryl methyl sites for hydroxylation is 2. The molecule has 2 saturated heterocycles. The van der Waals surface area contributed by atoms with Crippen LogP contribution in [0.5, 0.6) is 11.5 Å². The number of ether oxygens (including phenoxy) is 4. The Balaban J connectivity index is 0.000000282. The SMILES string of the molecule is COc1cc(Br)cc(C)c1Cl.COc1cc(N2CCN(C(=O)OC(C)(C)C)C[C@@H]2C)cc(C)c1Cl.C[C@H]1CN(C(=O)OC(C)(C)C)CCN1. The van der Waals surface area contributed by atoms with E-state index in [0.717, 1.165) is 47.5 Å². The lowest BCUT2D eigenvalue weighted by molar-refractivity contribution is 0.0197. The number of nitrogens with one attached hydrogen (secondary N) is 1. The second-order valence-electron chi connectivity index (χ2n) is 14.3. The molecule has 2 aliphatic heterocycles. The molecule has 0 unspecified atom stereocenters. The van der Waals surface area contributed by atoms with Gasteiger partial charge in [-0.2, -0.15) is 0 Å². The van der Waals surface area contributed by atoms with Crippen LogP contribution in [0.2, 0.25) is 10.0 Å². The van der Waals surface area contributed by atoms with Gasteiger partial charge in [-0.3, -0.25) is 0 Å². The molecule has 1 N–H and O–H groups in total. The lowest BCUT2D eigenvalue weighted by Crippen LogP contribution is -2.54. The Hall–Kier alpha value is -2.60. The highest BCUT2D eigenvalue weighted by atomic mass is 79.9. The van der Waals surface area contributed by atoms with Gasteiger partial charge in [0.25, 0.3) is 0 Å². The van der Waals surface area contributed by atoms with Crippen molar-refractivity contribution in [2.75, 3.05) is 58.4 Å². The molecule has 0 aliphatic carbocycles. The minimum absolute atomic E-state index is 0.177. The van der Waals surface area contributed by atoms with Crippen LogP contribution >= 0.6 is 39.1 Å². The summed E-state index contributed by atoms with van der Waals surface area (Å²) >= 11 is 15.5. The standard InChI is InChI=1S/C18H27ClN2O3.C10H20N2O2.C8H8BrClO/c1-12-9-14(10-15(23-6)16(12)19)21-8-7-20(11-13(21)2)17(22)24-18(3,4)5;1-8-7-12(6-5-11-8)9(13)14-10(2,3)4;1-5-3-6(9)4-7(11-2)8(5)10/h9-10,13H,7-8,11H2,1-6H3;8,11H,5-7H2,1-4H3;3-4H,1-2H3/t13-;8-;/m00./s1. The Morgan fingerprint density at radius 3 is 1.73 bits per heavy atom. The van der Waals surface area contributed by atoms with Gasteiger partial charge < -0.3 is 39.0 Å². The zero-order valence-electron chi connectivity index (χ0n) is 31.1. The second kappa shape index (κ2) is 18.6. The Bertz CT molecular complexity index is 1420. The molecule has 13 heteroatoms. The largest absolute Gasteiger partial charge is 0.495 e. The molecule has 10 nitrogen and oxygen atoms in total. The van der Waals surface area contributed by atoms with Gasteiger partial charge in [-0.15, -0.1) is 0 Å². The fourth-order valence-corrected chi connectivity index (χ4v) is 6.06. The van der Waals surface area contributed by atoms with Gasteiger partial charge in [-0.25, -0.2) is 9.59 Å². The minimum Gasteiger partial charge on any atom is -0.495 e. The van der Waals surface area contributed by atoms with Crippen LogP contribution in [-0.4, -0.2) is 98.8 Å². The van der Waals surface area contributed by atoms with E-state index in [2.05, 4.69) is 46.1 Å². The summed E-state index contributed by atoms with van der Waals surface area (Å²) in [5, 5.41) is 4.60. The summed E-state index contributed by atoms with van der Waals surface area (Å²) < 4.78 is 22.1. The first kappa shape index (κ1) is 42.6. The van der Waals surface area contributed by atoms with E-state index in [0.29, 0.717) is 40.7 Å². The summed E-state index contributed by atoms with van der Waals surface area (Å²) in [5.74, 6) is 1.38. The van der Waals surface area contributed by atoms with Crippen molar-refractivity contribution < 1.29 is 28.5 Å². The number of rotatable bonds is 3. The van der Waals surface area contributed by atoms with Crippen LogP contribution in [0, 0.1) is 13.8 Å².